The number of amides is 1. The van der Waals surface area contributed by atoms with Crippen LogP contribution in [0.2, 0.25) is 0 Å². The number of nitrogens with zero attached hydrogens (tertiary/aromatic N) is 1. The van der Waals surface area contributed by atoms with Gasteiger partial charge >= 0.3 is 0 Å². The Balaban J connectivity index is 2.48. The van der Waals surface area contributed by atoms with Gasteiger partial charge in [0.1, 0.15) is 5.75 Å². The van der Waals surface area contributed by atoms with Gasteiger partial charge in [0.05, 0.1) is 6.61 Å². The van der Waals surface area contributed by atoms with Gasteiger partial charge in [-0.2, -0.15) is 0 Å². The number of nitrogens with one attached hydrogen (secondary N) is 1. The Morgan fingerprint density at radius 1 is 1.35 bits per heavy atom. The summed E-state index contributed by atoms with van der Waals surface area (Å²) in [5.74, 6) is 1.05. The molecule has 0 atom stereocenters. The number of rotatable bonds is 8. The fraction of sp³-hybridized carbons (Fsp3) is 0.562. The molecule has 1 amide bonds. The Kier molecular flexibility index (Phi) is 7.09. The van der Waals surface area contributed by atoms with Crippen LogP contribution in [0.25, 0.3) is 0 Å². The molecule has 0 radical (unpaired) electrons. The zero-order valence-corrected chi connectivity index (χ0v) is 13.0. The molecule has 1 aromatic rings. The van der Waals surface area contributed by atoms with Gasteiger partial charge in [-0.3, -0.25) is 4.79 Å². The van der Waals surface area contributed by atoms with E-state index in [2.05, 4.69) is 31.3 Å². The quantitative estimate of drug-likeness (QED) is 0.742. The third-order valence-corrected chi connectivity index (χ3v) is 3.07. The molecular formula is C16H26N2O2. The molecule has 0 aromatic heterocycles. The van der Waals surface area contributed by atoms with Crippen molar-refractivity contribution in [1.82, 2.24) is 10.2 Å². The number of carbonyl (C=O) groups is 1. The SMILES string of the molecule is CCNCc1cc(C)ccc1OCCCC(=O)N(C)C. The topological polar surface area (TPSA) is 41.6 Å². The summed E-state index contributed by atoms with van der Waals surface area (Å²) in [7, 11) is 3.55. The lowest BCUT2D eigenvalue weighted by atomic mass is 10.1. The van der Waals surface area contributed by atoms with Crippen LogP contribution in [0.15, 0.2) is 18.2 Å². The molecule has 0 aliphatic carbocycles. The van der Waals surface area contributed by atoms with E-state index in [1.165, 1.54) is 11.1 Å². The molecule has 1 rings (SSSR count). The summed E-state index contributed by atoms with van der Waals surface area (Å²) in [6.07, 6.45) is 1.27. The summed E-state index contributed by atoms with van der Waals surface area (Å²) in [6, 6.07) is 6.20. The number of ether oxygens (including phenoxy) is 1. The molecule has 0 spiro atoms. The lowest BCUT2D eigenvalue weighted by Crippen LogP contribution is -2.21. The minimum Gasteiger partial charge on any atom is -0.493 e. The average Bonchev–Trinajstić information content (AvgIpc) is 2.42. The second-order valence-corrected chi connectivity index (χ2v) is 5.13. The van der Waals surface area contributed by atoms with Gasteiger partial charge in [-0.15, -0.1) is 0 Å². The van der Waals surface area contributed by atoms with Crippen LogP contribution in [0.4, 0.5) is 0 Å². The molecule has 0 bridgehead atoms. The maximum atomic E-state index is 11.5. The Hall–Kier alpha value is -1.55. The highest BCUT2D eigenvalue weighted by atomic mass is 16.5. The van der Waals surface area contributed by atoms with Crippen molar-refractivity contribution in [2.75, 3.05) is 27.2 Å². The van der Waals surface area contributed by atoms with Gasteiger partial charge in [-0.05, 0) is 26.0 Å². The van der Waals surface area contributed by atoms with Crippen molar-refractivity contribution in [2.24, 2.45) is 0 Å². The number of carbonyl (C=O) groups excluding carboxylic acids is 1. The van der Waals surface area contributed by atoms with Crippen molar-refractivity contribution in [3.63, 3.8) is 0 Å². The number of hydrogen-bond donors (Lipinski definition) is 1. The maximum absolute atomic E-state index is 11.5. The van der Waals surface area contributed by atoms with Crippen molar-refractivity contribution in [2.45, 2.75) is 33.2 Å². The van der Waals surface area contributed by atoms with Gasteiger partial charge in [-0.1, -0.05) is 24.6 Å². The predicted octanol–water partition coefficient (Wildman–Crippen LogP) is 2.35. The first-order valence-corrected chi connectivity index (χ1v) is 7.17. The Morgan fingerprint density at radius 2 is 2.10 bits per heavy atom. The second-order valence-electron chi connectivity index (χ2n) is 5.13. The van der Waals surface area contributed by atoms with Crippen molar-refractivity contribution < 1.29 is 9.53 Å². The first-order chi connectivity index (χ1) is 9.54. The van der Waals surface area contributed by atoms with Crippen LogP contribution in [-0.4, -0.2) is 38.1 Å². The molecule has 0 unspecified atom stereocenters. The minimum absolute atomic E-state index is 0.144. The van der Waals surface area contributed by atoms with E-state index in [4.69, 9.17) is 4.74 Å². The predicted molar refractivity (Wildman–Crippen MR) is 82.0 cm³/mol. The van der Waals surface area contributed by atoms with Gasteiger partial charge in [0.15, 0.2) is 0 Å². The highest BCUT2D eigenvalue weighted by molar-refractivity contribution is 5.75. The second kappa shape index (κ2) is 8.59. The van der Waals surface area contributed by atoms with Crippen molar-refractivity contribution in [3.8, 4) is 5.75 Å². The number of benzene rings is 1. The molecule has 1 N–H and O–H groups in total. The van der Waals surface area contributed by atoms with E-state index >= 15 is 0 Å². The summed E-state index contributed by atoms with van der Waals surface area (Å²) < 4.78 is 5.81. The Morgan fingerprint density at radius 3 is 2.75 bits per heavy atom. The van der Waals surface area contributed by atoms with Gasteiger partial charge in [0.2, 0.25) is 5.91 Å². The van der Waals surface area contributed by atoms with Crippen LogP contribution in [0.5, 0.6) is 5.75 Å². The standard InChI is InChI=1S/C16H26N2O2/c1-5-17-12-14-11-13(2)8-9-15(14)20-10-6-7-16(19)18(3)4/h8-9,11,17H,5-7,10,12H2,1-4H3. The zero-order chi connectivity index (χ0) is 15.0. The average molecular weight is 278 g/mol. The van der Waals surface area contributed by atoms with Gasteiger partial charge in [0, 0.05) is 32.6 Å². The van der Waals surface area contributed by atoms with Crippen LogP contribution in [0.3, 0.4) is 0 Å². The molecule has 4 nitrogen and oxygen atoms in total. The van der Waals surface area contributed by atoms with E-state index in [1.807, 2.05) is 6.07 Å². The Bertz CT molecular complexity index is 430. The van der Waals surface area contributed by atoms with E-state index < -0.39 is 0 Å². The first kappa shape index (κ1) is 16.5. The first-order valence-electron chi connectivity index (χ1n) is 7.17. The largest absolute Gasteiger partial charge is 0.493 e. The number of hydrogen-bond acceptors (Lipinski definition) is 3. The van der Waals surface area contributed by atoms with E-state index in [0.717, 1.165) is 25.3 Å². The van der Waals surface area contributed by atoms with Crippen LogP contribution in [-0.2, 0) is 11.3 Å². The lowest BCUT2D eigenvalue weighted by molar-refractivity contribution is -0.128. The molecule has 0 saturated heterocycles. The van der Waals surface area contributed by atoms with Crippen molar-refractivity contribution in [1.29, 1.82) is 0 Å². The molecule has 20 heavy (non-hydrogen) atoms. The lowest BCUT2D eigenvalue weighted by Gasteiger charge is -2.13. The van der Waals surface area contributed by atoms with Gasteiger partial charge < -0.3 is 15.0 Å². The summed E-state index contributed by atoms with van der Waals surface area (Å²) >= 11 is 0. The van der Waals surface area contributed by atoms with Crippen LogP contribution in [0.1, 0.15) is 30.9 Å². The smallest absolute Gasteiger partial charge is 0.222 e. The maximum Gasteiger partial charge on any atom is 0.222 e. The zero-order valence-electron chi connectivity index (χ0n) is 13.0. The Labute approximate surface area is 122 Å². The van der Waals surface area contributed by atoms with Crippen LogP contribution in [0, 0.1) is 6.92 Å². The highest BCUT2D eigenvalue weighted by Crippen LogP contribution is 2.20. The fourth-order valence-electron chi connectivity index (χ4n) is 1.88. The summed E-state index contributed by atoms with van der Waals surface area (Å²) in [4.78, 5) is 13.1. The molecule has 0 heterocycles. The van der Waals surface area contributed by atoms with Crippen LogP contribution >= 0.6 is 0 Å². The fourth-order valence-corrected chi connectivity index (χ4v) is 1.88. The van der Waals surface area contributed by atoms with Gasteiger partial charge in [0.25, 0.3) is 0 Å². The number of aryl methyl sites for hydroxylation is 1. The van der Waals surface area contributed by atoms with E-state index in [9.17, 15) is 4.79 Å². The van der Waals surface area contributed by atoms with E-state index in [1.54, 1.807) is 19.0 Å². The summed E-state index contributed by atoms with van der Waals surface area (Å²) in [5, 5.41) is 3.31. The molecule has 0 fully saturated rings. The monoisotopic (exact) mass is 278 g/mol. The van der Waals surface area contributed by atoms with E-state index in [-0.39, 0.29) is 5.91 Å². The van der Waals surface area contributed by atoms with Crippen molar-refractivity contribution >= 4 is 5.91 Å². The van der Waals surface area contributed by atoms with Crippen LogP contribution < -0.4 is 10.1 Å². The van der Waals surface area contributed by atoms with Gasteiger partial charge in [-0.25, -0.2) is 0 Å². The summed E-state index contributed by atoms with van der Waals surface area (Å²) in [5.41, 5.74) is 2.40. The molecular weight excluding hydrogens is 252 g/mol. The normalized spacial score (nSPS) is 10.4. The molecule has 112 valence electrons. The third-order valence-electron chi connectivity index (χ3n) is 3.07. The van der Waals surface area contributed by atoms with Crippen molar-refractivity contribution in [3.05, 3.63) is 29.3 Å². The molecule has 1 aromatic carbocycles. The molecule has 0 aliphatic heterocycles. The van der Waals surface area contributed by atoms with E-state index in [0.29, 0.717) is 13.0 Å². The molecule has 0 aliphatic rings. The third kappa shape index (κ3) is 5.61. The summed E-state index contributed by atoms with van der Waals surface area (Å²) in [6.45, 7) is 6.48. The molecule has 0 saturated carbocycles. The highest BCUT2D eigenvalue weighted by Gasteiger charge is 2.06. The minimum atomic E-state index is 0.144. The molecule has 4 heteroatoms.